The van der Waals surface area contributed by atoms with Crippen molar-refractivity contribution >= 4 is 23.4 Å². The summed E-state index contributed by atoms with van der Waals surface area (Å²) < 4.78 is 19.3. The van der Waals surface area contributed by atoms with Crippen molar-refractivity contribution in [1.82, 2.24) is 10.2 Å². The van der Waals surface area contributed by atoms with Crippen LogP contribution in [0.5, 0.6) is 5.75 Å². The highest BCUT2D eigenvalue weighted by Crippen LogP contribution is 2.30. The molecule has 1 fully saturated rings. The van der Waals surface area contributed by atoms with Crippen molar-refractivity contribution < 1.29 is 18.7 Å². The number of piperazine rings is 1. The van der Waals surface area contributed by atoms with E-state index in [-0.39, 0.29) is 30.4 Å². The molecule has 0 aromatic heterocycles. The third-order valence-electron chi connectivity index (χ3n) is 4.60. The van der Waals surface area contributed by atoms with Crippen molar-refractivity contribution in [3.8, 4) is 5.75 Å². The molecule has 2 amide bonds. The van der Waals surface area contributed by atoms with Crippen molar-refractivity contribution in [2.75, 3.05) is 20.2 Å². The standard InChI is InChI=1S/C20H20ClFN2O3/c1-27-16-8-4-5-13(18(16)22)9-10-17(25)24-12-11-23-20(26)19(24)14-6-2-3-7-15(14)21/h2-8,19H,9-12H2,1H3,(H,23,26). The zero-order chi connectivity index (χ0) is 19.4. The number of hydrogen-bond acceptors (Lipinski definition) is 3. The lowest BCUT2D eigenvalue weighted by Crippen LogP contribution is -2.52. The van der Waals surface area contributed by atoms with E-state index in [2.05, 4.69) is 5.32 Å². The zero-order valence-electron chi connectivity index (χ0n) is 14.9. The maximum absolute atomic E-state index is 14.3. The molecule has 0 spiro atoms. The van der Waals surface area contributed by atoms with Crippen LogP contribution in [0.2, 0.25) is 5.02 Å². The third-order valence-corrected chi connectivity index (χ3v) is 4.95. The molecule has 0 radical (unpaired) electrons. The number of nitrogens with zero attached hydrogens (tertiary/aromatic N) is 1. The van der Waals surface area contributed by atoms with Crippen LogP contribution >= 0.6 is 11.6 Å². The van der Waals surface area contributed by atoms with E-state index >= 15 is 0 Å². The number of carbonyl (C=O) groups excluding carboxylic acids is 2. The van der Waals surface area contributed by atoms with Gasteiger partial charge in [-0.05, 0) is 24.1 Å². The molecule has 142 valence electrons. The second-order valence-electron chi connectivity index (χ2n) is 6.24. The lowest BCUT2D eigenvalue weighted by Gasteiger charge is -2.35. The molecule has 5 nitrogen and oxygen atoms in total. The fourth-order valence-electron chi connectivity index (χ4n) is 3.23. The lowest BCUT2D eigenvalue weighted by atomic mass is 10.0. The van der Waals surface area contributed by atoms with Gasteiger partial charge in [0.1, 0.15) is 6.04 Å². The fourth-order valence-corrected chi connectivity index (χ4v) is 3.47. The minimum Gasteiger partial charge on any atom is -0.494 e. The smallest absolute Gasteiger partial charge is 0.247 e. The lowest BCUT2D eigenvalue weighted by molar-refractivity contribution is -0.143. The number of amides is 2. The number of nitrogens with one attached hydrogen (secondary N) is 1. The molecule has 2 aromatic rings. The van der Waals surface area contributed by atoms with Gasteiger partial charge < -0.3 is 15.0 Å². The highest BCUT2D eigenvalue weighted by molar-refractivity contribution is 6.31. The first kappa shape index (κ1) is 19.2. The molecule has 7 heteroatoms. The second kappa shape index (κ2) is 8.39. The van der Waals surface area contributed by atoms with Gasteiger partial charge in [-0.15, -0.1) is 0 Å². The average Bonchev–Trinajstić information content (AvgIpc) is 2.67. The number of ether oxygens (including phenoxy) is 1. The Balaban J connectivity index is 1.78. The van der Waals surface area contributed by atoms with E-state index in [9.17, 15) is 14.0 Å². The van der Waals surface area contributed by atoms with Gasteiger partial charge >= 0.3 is 0 Å². The number of carbonyl (C=O) groups is 2. The van der Waals surface area contributed by atoms with Crippen LogP contribution in [0.25, 0.3) is 0 Å². The van der Waals surface area contributed by atoms with Crippen LogP contribution in [0.15, 0.2) is 42.5 Å². The Hall–Kier alpha value is -2.60. The van der Waals surface area contributed by atoms with Gasteiger partial charge in [-0.25, -0.2) is 4.39 Å². The minimum absolute atomic E-state index is 0.0817. The van der Waals surface area contributed by atoms with Gasteiger partial charge in [-0.3, -0.25) is 9.59 Å². The summed E-state index contributed by atoms with van der Waals surface area (Å²) in [6.45, 7) is 0.750. The number of benzene rings is 2. The zero-order valence-corrected chi connectivity index (χ0v) is 15.6. The van der Waals surface area contributed by atoms with Crippen LogP contribution < -0.4 is 10.1 Å². The molecule has 1 aliphatic heterocycles. The Morgan fingerprint density at radius 2 is 2.07 bits per heavy atom. The van der Waals surface area contributed by atoms with Crippen LogP contribution in [-0.2, 0) is 16.0 Å². The highest BCUT2D eigenvalue weighted by Gasteiger charge is 2.35. The van der Waals surface area contributed by atoms with Crippen molar-refractivity contribution in [3.63, 3.8) is 0 Å². The van der Waals surface area contributed by atoms with Crippen LogP contribution in [-0.4, -0.2) is 36.9 Å². The number of rotatable bonds is 5. The Morgan fingerprint density at radius 1 is 1.30 bits per heavy atom. The van der Waals surface area contributed by atoms with Crippen LogP contribution in [0.4, 0.5) is 4.39 Å². The van der Waals surface area contributed by atoms with Gasteiger partial charge in [0.25, 0.3) is 0 Å². The van der Waals surface area contributed by atoms with E-state index in [0.29, 0.717) is 29.2 Å². The monoisotopic (exact) mass is 390 g/mol. The molecular formula is C20H20ClFN2O3. The van der Waals surface area contributed by atoms with E-state index in [1.165, 1.54) is 18.1 Å². The first-order chi connectivity index (χ1) is 13.0. The van der Waals surface area contributed by atoms with E-state index in [1.54, 1.807) is 36.4 Å². The predicted molar refractivity (Wildman–Crippen MR) is 100 cm³/mol. The minimum atomic E-state index is -0.782. The summed E-state index contributed by atoms with van der Waals surface area (Å²) in [5.74, 6) is -0.815. The molecule has 2 aromatic carbocycles. The molecule has 0 saturated carbocycles. The molecule has 1 saturated heterocycles. The Labute approximate surface area is 162 Å². The highest BCUT2D eigenvalue weighted by atomic mass is 35.5. The van der Waals surface area contributed by atoms with Gasteiger partial charge in [-0.1, -0.05) is 41.9 Å². The summed E-state index contributed by atoms with van der Waals surface area (Å²) >= 11 is 6.24. The first-order valence-corrected chi connectivity index (χ1v) is 9.03. The van der Waals surface area contributed by atoms with E-state index in [0.717, 1.165) is 0 Å². The van der Waals surface area contributed by atoms with Crippen molar-refractivity contribution in [1.29, 1.82) is 0 Å². The third kappa shape index (κ3) is 4.06. The molecule has 0 aliphatic carbocycles. The summed E-state index contributed by atoms with van der Waals surface area (Å²) in [5, 5.41) is 3.20. The Morgan fingerprint density at radius 3 is 2.81 bits per heavy atom. The number of methoxy groups -OCH3 is 1. The van der Waals surface area contributed by atoms with Crippen molar-refractivity contribution in [3.05, 3.63) is 64.4 Å². The molecule has 1 aliphatic rings. The van der Waals surface area contributed by atoms with Gasteiger partial charge in [0.15, 0.2) is 11.6 Å². The molecule has 1 unspecified atom stereocenters. The van der Waals surface area contributed by atoms with Crippen molar-refractivity contribution in [2.45, 2.75) is 18.9 Å². The fraction of sp³-hybridized carbons (Fsp3) is 0.300. The Bertz CT molecular complexity index is 859. The second-order valence-corrected chi connectivity index (χ2v) is 6.64. The van der Waals surface area contributed by atoms with Crippen molar-refractivity contribution in [2.24, 2.45) is 0 Å². The van der Waals surface area contributed by atoms with E-state index in [1.807, 2.05) is 0 Å². The summed E-state index contributed by atoms with van der Waals surface area (Å²) in [4.78, 5) is 26.8. The first-order valence-electron chi connectivity index (χ1n) is 8.66. The van der Waals surface area contributed by atoms with E-state index in [4.69, 9.17) is 16.3 Å². The molecule has 0 bridgehead atoms. The summed E-state index contributed by atoms with van der Waals surface area (Å²) in [6.07, 6.45) is 0.299. The Kier molecular flexibility index (Phi) is 5.96. The molecule has 1 N–H and O–H groups in total. The average molecular weight is 391 g/mol. The maximum Gasteiger partial charge on any atom is 0.247 e. The SMILES string of the molecule is COc1cccc(CCC(=O)N2CCNC(=O)C2c2ccccc2Cl)c1F. The summed E-state index contributed by atoms with van der Waals surface area (Å²) in [5.41, 5.74) is 0.982. The number of halogens is 2. The molecule has 27 heavy (non-hydrogen) atoms. The van der Waals surface area contributed by atoms with Crippen LogP contribution in [0.3, 0.4) is 0 Å². The van der Waals surface area contributed by atoms with Crippen LogP contribution in [0.1, 0.15) is 23.6 Å². The van der Waals surface area contributed by atoms with Crippen LogP contribution in [0, 0.1) is 5.82 Å². The quantitative estimate of drug-likeness (QED) is 0.853. The summed E-state index contributed by atoms with van der Waals surface area (Å²) in [7, 11) is 1.40. The molecule has 1 atom stereocenters. The largest absolute Gasteiger partial charge is 0.494 e. The molecule has 1 heterocycles. The van der Waals surface area contributed by atoms with Gasteiger partial charge in [0, 0.05) is 30.1 Å². The molecular weight excluding hydrogens is 371 g/mol. The maximum atomic E-state index is 14.3. The van der Waals surface area contributed by atoms with Gasteiger partial charge in [-0.2, -0.15) is 0 Å². The number of aryl methyl sites for hydroxylation is 1. The predicted octanol–water partition coefficient (Wildman–Crippen LogP) is 3.12. The van der Waals surface area contributed by atoms with E-state index < -0.39 is 11.9 Å². The normalized spacial score (nSPS) is 16.8. The summed E-state index contributed by atoms with van der Waals surface area (Å²) in [6, 6.07) is 11.0. The van der Waals surface area contributed by atoms with Gasteiger partial charge in [0.2, 0.25) is 11.8 Å². The topological polar surface area (TPSA) is 58.6 Å². The van der Waals surface area contributed by atoms with Gasteiger partial charge in [0.05, 0.1) is 7.11 Å². The molecule has 3 rings (SSSR count). The number of hydrogen-bond donors (Lipinski definition) is 1.